The minimum absolute atomic E-state index is 0.833. The van der Waals surface area contributed by atoms with Crippen LogP contribution in [-0.4, -0.2) is 30.6 Å². The van der Waals surface area contributed by atoms with E-state index in [1.165, 1.54) is 58.0 Å². The standard InChI is InChI=1S/C14H30N2/c1-3-6-14(9-10-15)8-5-12-16-11-4-7-13(16)2/h13-14H,3-12,15H2,1-2H3. The Kier molecular flexibility index (Phi) is 7.06. The number of likely N-dealkylation sites (tertiary alicyclic amines) is 1. The Labute approximate surface area is 102 Å². The van der Waals surface area contributed by atoms with Crippen LogP contribution in [0.25, 0.3) is 0 Å². The highest BCUT2D eigenvalue weighted by Gasteiger charge is 2.19. The Morgan fingerprint density at radius 1 is 1.31 bits per heavy atom. The summed E-state index contributed by atoms with van der Waals surface area (Å²) in [5.41, 5.74) is 5.67. The quantitative estimate of drug-likeness (QED) is 0.689. The first-order chi connectivity index (χ1) is 7.77. The molecule has 0 aromatic carbocycles. The molecule has 0 aromatic heterocycles. The molecular weight excluding hydrogens is 196 g/mol. The molecule has 96 valence electrons. The van der Waals surface area contributed by atoms with Crippen molar-refractivity contribution in [3.63, 3.8) is 0 Å². The maximum absolute atomic E-state index is 5.67. The first-order valence-corrected chi connectivity index (χ1v) is 7.22. The second-order valence-corrected chi connectivity index (χ2v) is 5.40. The van der Waals surface area contributed by atoms with Gasteiger partial charge in [0, 0.05) is 6.04 Å². The lowest BCUT2D eigenvalue weighted by atomic mass is 9.94. The van der Waals surface area contributed by atoms with Crippen LogP contribution >= 0.6 is 0 Å². The molecule has 16 heavy (non-hydrogen) atoms. The van der Waals surface area contributed by atoms with Gasteiger partial charge in [-0.3, -0.25) is 0 Å². The van der Waals surface area contributed by atoms with Gasteiger partial charge in [0.25, 0.3) is 0 Å². The third kappa shape index (κ3) is 4.84. The van der Waals surface area contributed by atoms with E-state index in [0.29, 0.717) is 0 Å². The molecule has 2 atom stereocenters. The van der Waals surface area contributed by atoms with E-state index in [2.05, 4.69) is 18.7 Å². The van der Waals surface area contributed by atoms with E-state index in [4.69, 9.17) is 5.73 Å². The second kappa shape index (κ2) is 8.08. The molecule has 0 radical (unpaired) electrons. The fourth-order valence-corrected chi connectivity index (χ4v) is 2.98. The van der Waals surface area contributed by atoms with E-state index in [0.717, 1.165) is 18.5 Å². The van der Waals surface area contributed by atoms with Crippen molar-refractivity contribution in [2.24, 2.45) is 11.7 Å². The molecule has 1 heterocycles. The molecule has 1 aliphatic rings. The molecule has 1 rings (SSSR count). The first-order valence-electron chi connectivity index (χ1n) is 7.22. The van der Waals surface area contributed by atoms with Crippen molar-refractivity contribution in [2.45, 2.75) is 64.8 Å². The minimum Gasteiger partial charge on any atom is -0.330 e. The maximum atomic E-state index is 5.67. The third-order valence-electron chi connectivity index (χ3n) is 4.02. The molecule has 0 amide bonds. The summed E-state index contributed by atoms with van der Waals surface area (Å²) in [5.74, 6) is 0.882. The lowest BCUT2D eigenvalue weighted by molar-refractivity contribution is 0.252. The maximum Gasteiger partial charge on any atom is 0.00674 e. The van der Waals surface area contributed by atoms with Crippen LogP contribution in [0.15, 0.2) is 0 Å². The number of nitrogens with two attached hydrogens (primary N) is 1. The van der Waals surface area contributed by atoms with Crippen LogP contribution in [0.1, 0.15) is 58.8 Å². The van der Waals surface area contributed by atoms with Crippen LogP contribution in [-0.2, 0) is 0 Å². The zero-order valence-electron chi connectivity index (χ0n) is 11.3. The molecular formula is C14H30N2. The molecule has 2 heteroatoms. The minimum atomic E-state index is 0.833. The molecule has 1 aliphatic heterocycles. The fraction of sp³-hybridized carbons (Fsp3) is 1.00. The smallest absolute Gasteiger partial charge is 0.00674 e. The van der Waals surface area contributed by atoms with Gasteiger partial charge in [-0.1, -0.05) is 19.8 Å². The van der Waals surface area contributed by atoms with Crippen molar-refractivity contribution in [3.8, 4) is 0 Å². The van der Waals surface area contributed by atoms with Crippen LogP contribution in [0.2, 0.25) is 0 Å². The van der Waals surface area contributed by atoms with Crippen molar-refractivity contribution in [3.05, 3.63) is 0 Å². The van der Waals surface area contributed by atoms with E-state index in [9.17, 15) is 0 Å². The molecule has 1 fully saturated rings. The second-order valence-electron chi connectivity index (χ2n) is 5.40. The zero-order chi connectivity index (χ0) is 11.8. The number of hydrogen-bond donors (Lipinski definition) is 1. The summed E-state index contributed by atoms with van der Waals surface area (Å²) < 4.78 is 0. The Bertz CT molecular complexity index is 164. The molecule has 0 aliphatic carbocycles. The topological polar surface area (TPSA) is 29.3 Å². The van der Waals surface area contributed by atoms with Crippen molar-refractivity contribution in [1.29, 1.82) is 0 Å². The summed E-state index contributed by atoms with van der Waals surface area (Å²) in [6.45, 7) is 8.16. The lowest BCUT2D eigenvalue weighted by Crippen LogP contribution is -2.28. The van der Waals surface area contributed by atoms with Crippen molar-refractivity contribution in [1.82, 2.24) is 4.90 Å². The first kappa shape index (κ1) is 14.0. The van der Waals surface area contributed by atoms with E-state index in [1.54, 1.807) is 0 Å². The van der Waals surface area contributed by atoms with E-state index >= 15 is 0 Å². The Hall–Kier alpha value is -0.0800. The summed E-state index contributed by atoms with van der Waals surface area (Å²) in [7, 11) is 0. The highest BCUT2D eigenvalue weighted by molar-refractivity contribution is 4.75. The predicted octanol–water partition coefficient (Wildman–Crippen LogP) is 3.02. The van der Waals surface area contributed by atoms with Crippen LogP contribution in [0.5, 0.6) is 0 Å². The Morgan fingerprint density at radius 2 is 2.12 bits per heavy atom. The predicted molar refractivity (Wildman–Crippen MR) is 71.6 cm³/mol. The molecule has 0 spiro atoms. The molecule has 1 saturated heterocycles. The summed E-state index contributed by atoms with van der Waals surface area (Å²) in [6.07, 6.45) is 9.47. The highest BCUT2D eigenvalue weighted by atomic mass is 15.2. The van der Waals surface area contributed by atoms with Crippen molar-refractivity contribution < 1.29 is 0 Å². The van der Waals surface area contributed by atoms with E-state index < -0.39 is 0 Å². The van der Waals surface area contributed by atoms with Gasteiger partial charge in [0.05, 0.1) is 0 Å². The summed E-state index contributed by atoms with van der Waals surface area (Å²) in [5, 5.41) is 0. The normalized spacial score (nSPS) is 23.8. The van der Waals surface area contributed by atoms with Gasteiger partial charge >= 0.3 is 0 Å². The van der Waals surface area contributed by atoms with Crippen LogP contribution in [0.4, 0.5) is 0 Å². The molecule has 2 unspecified atom stereocenters. The molecule has 0 saturated carbocycles. The van der Waals surface area contributed by atoms with Crippen molar-refractivity contribution in [2.75, 3.05) is 19.6 Å². The number of hydrogen-bond acceptors (Lipinski definition) is 2. The average molecular weight is 226 g/mol. The van der Waals surface area contributed by atoms with Gasteiger partial charge in [0.2, 0.25) is 0 Å². The van der Waals surface area contributed by atoms with Gasteiger partial charge in [0.1, 0.15) is 0 Å². The molecule has 0 aromatic rings. The van der Waals surface area contributed by atoms with E-state index in [1.807, 2.05) is 0 Å². The van der Waals surface area contributed by atoms with Gasteiger partial charge in [0.15, 0.2) is 0 Å². The number of rotatable bonds is 8. The highest BCUT2D eigenvalue weighted by Crippen LogP contribution is 2.20. The Balaban J connectivity index is 2.11. The van der Waals surface area contributed by atoms with Gasteiger partial charge in [-0.25, -0.2) is 0 Å². The fourth-order valence-electron chi connectivity index (χ4n) is 2.98. The van der Waals surface area contributed by atoms with Gasteiger partial charge in [-0.15, -0.1) is 0 Å². The summed E-state index contributed by atoms with van der Waals surface area (Å²) >= 11 is 0. The number of nitrogens with zero attached hydrogens (tertiary/aromatic N) is 1. The average Bonchev–Trinajstić information content (AvgIpc) is 2.65. The van der Waals surface area contributed by atoms with Crippen LogP contribution in [0.3, 0.4) is 0 Å². The molecule has 2 nitrogen and oxygen atoms in total. The van der Waals surface area contributed by atoms with Crippen LogP contribution < -0.4 is 5.73 Å². The third-order valence-corrected chi connectivity index (χ3v) is 4.02. The van der Waals surface area contributed by atoms with E-state index in [-0.39, 0.29) is 0 Å². The van der Waals surface area contributed by atoms with Gasteiger partial charge < -0.3 is 10.6 Å². The van der Waals surface area contributed by atoms with Crippen LogP contribution in [0, 0.1) is 5.92 Å². The van der Waals surface area contributed by atoms with Crippen molar-refractivity contribution >= 4 is 0 Å². The monoisotopic (exact) mass is 226 g/mol. The van der Waals surface area contributed by atoms with Gasteiger partial charge in [-0.05, 0) is 64.6 Å². The SMILES string of the molecule is CCCC(CCN)CCCN1CCCC1C. The summed E-state index contributed by atoms with van der Waals surface area (Å²) in [4.78, 5) is 2.66. The lowest BCUT2D eigenvalue weighted by Gasteiger charge is -2.22. The molecule has 2 N–H and O–H groups in total. The zero-order valence-corrected chi connectivity index (χ0v) is 11.3. The van der Waals surface area contributed by atoms with Gasteiger partial charge in [-0.2, -0.15) is 0 Å². The molecule has 0 bridgehead atoms. The largest absolute Gasteiger partial charge is 0.330 e. The Morgan fingerprint density at radius 3 is 2.69 bits per heavy atom. The summed E-state index contributed by atoms with van der Waals surface area (Å²) in [6, 6.07) is 0.833.